The molecule has 0 spiro atoms. The molecule has 0 amide bonds. The van der Waals surface area contributed by atoms with Crippen LogP contribution in [0.1, 0.15) is 5.56 Å². The highest BCUT2D eigenvalue weighted by Gasteiger charge is 2.36. The van der Waals surface area contributed by atoms with E-state index >= 15 is 0 Å². The first-order valence-electron chi connectivity index (χ1n) is 6.05. The van der Waals surface area contributed by atoms with Gasteiger partial charge in [0.2, 0.25) is 0 Å². The van der Waals surface area contributed by atoms with Crippen LogP contribution >= 0.6 is 11.8 Å². The number of hydroxylamine groups is 2. The summed E-state index contributed by atoms with van der Waals surface area (Å²) in [6.45, 7) is -1.58. The molecular formula is C13H16F3NO3S. The van der Waals surface area contributed by atoms with Gasteiger partial charge >= 0.3 is 12.1 Å². The molecule has 0 fully saturated rings. The predicted molar refractivity (Wildman–Crippen MR) is 73.0 cm³/mol. The van der Waals surface area contributed by atoms with Gasteiger partial charge < -0.3 is 9.94 Å². The van der Waals surface area contributed by atoms with E-state index in [1.165, 1.54) is 11.8 Å². The zero-order chi connectivity index (χ0) is 15.9. The van der Waals surface area contributed by atoms with Crippen LogP contribution in [-0.4, -0.2) is 47.9 Å². The van der Waals surface area contributed by atoms with E-state index in [0.717, 1.165) is 12.7 Å². The number of carbonyl (C=O) groups is 1. The van der Waals surface area contributed by atoms with Gasteiger partial charge in [-0.05, 0) is 5.56 Å². The summed E-state index contributed by atoms with van der Waals surface area (Å²) in [7, 11) is 1.07. The molecule has 0 heterocycles. The molecule has 0 aromatic heterocycles. The molecule has 0 aliphatic carbocycles. The van der Waals surface area contributed by atoms with E-state index in [-0.39, 0.29) is 10.8 Å². The number of hydrogen-bond acceptors (Lipinski definition) is 5. The number of halogens is 3. The van der Waals surface area contributed by atoms with E-state index in [4.69, 9.17) is 0 Å². The Bertz CT molecular complexity index is 442. The number of carbonyl (C=O) groups excluding carboxylic acids is 1. The largest absolute Gasteiger partial charge is 0.468 e. The number of rotatable bonds is 7. The minimum Gasteiger partial charge on any atom is -0.468 e. The number of alkyl halides is 3. The van der Waals surface area contributed by atoms with E-state index < -0.39 is 24.7 Å². The Morgan fingerprint density at radius 1 is 1.38 bits per heavy atom. The molecule has 1 N–H and O–H groups in total. The van der Waals surface area contributed by atoms with Crippen LogP contribution in [0, 0.1) is 0 Å². The second-order valence-corrected chi connectivity index (χ2v) is 5.28. The predicted octanol–water partition coefficient (Wildman–Crippen LogP) is 2.71. The third kappa shape index (κ3) is 6.83. The molecule has 0 radical (unpaired) electrons. The summed E-state index contributed by atoms with van der Waals surface area (Å²) < 4.78 is 41.2. The van der Waals surface area contributed by atoms with Gasteiger partial charge in [0.05, 0.1) is 7.11 Å². The average Bonchev–Trinajstić information content (AvgIpc) is 2.42. The van der Waals surface area contributed by atoms with Gasteiger partial charge in [0, 0.05) is 11.5 Å². The first-order valence-corrected chi connectivity index (χ1v) is 7.20. The molecule has 0 bridgehead atoms. The number of ether oxygens (including phenoxy) is 1. The van der Waals surface area contributed by atoms with Crippen molar-refractivity contribution in [2.75, 3.05) is 19.4 Å². The van der Waals surface area contributed by atoms with Gasteiger partial charge in [-0.15, -0.1) is 0 Å². The highest BCUT2D eigenvalue weighted by molar-refractivity contribution is 7.98. The van der Waals surface area contributed by atoms with Crippen LogP contribution in [0.5, 0.6) is 0 Å². The average molecular weight is 323 g/mol. The molecule has 0 saturated carbocycles. The fraction of sp³-hybridized carbons (Fsp3) is 0.462. The van der Waals surface area contributed by atoms with Gasteiger partial charge in [-0.2, -0.15) is 30.0 Å². The van der Waals surface area contributed by atoms with Gasteiger partial charge in [0.25, 0.3) is 0 Å². The summed E-state index contributed by atoms with van der Waals surface area (Å²) in [5.74, 6) is -0.384. The number of esters is 1. The SMILES string of the molecule is COC(=O)[C@H](CSCc1ccccc1)N(O)CC(F)(F)F. The van der Waals surface area contributed by atoms with E-state index in [1.807, 2.05) is 30.3 Å². The van der Waals surface area contributed by atoms with Crippen molar-refractivity contribution in [2.45, 2.75) is 18.0 Å². The van der Waals surface area contributed by atoms with E-state index in [2.05, 4.69) is 4.74 Å². The maximum atomic E-state index is 12.3. The molecule has 118 valence electrons. The monoisotopic (exact) mass is 323 g/mol. The summed E-state index contributed by atoms with van der Waals surface area (Å²) in [6.07, 6.45) is -4.59. The maximum Gasteiger partial charge on any atom is 0.403 e. The van der Waals surface area contributed by atoms with Crippen molar-refractivity contribution >= 4 is 17.7 Å². The van der Waals surface area contributed by atoms with Crippen LogP contribution in [-0.2, 0) is 15.3 Å². The number of methoxy groups -OCH3 is 1. The van der Waals surface area contributed by atoms with Crippen molar-refractivity contribution in [3.05, 3.63) is 35.9 Å². The van der Waals surface area contributed by atoms with Gasteiger partial charge in [-0.1, -0.05) is 30.3 Å². The number of thioether (sulfide) groups is 1. The van der Waals surface area contributed by atoms with Crippen LogP contribution in [0.4, 0.5) is 13.2 Å². The van der Waals surface area contributed by atoms with Crippen LogP contribution in [0.15, 0.2) is 30.3 Å². The maximum absolute atomic E-state index is 12.3. The van der Waals surface area contributed by atoms with Crippen molar-refractivity contribution in [1.82, 2.24) is 5.06 Å². The Morgan fingerprint density at radius 2 is 2.00 bits per heavy atom. The zero-order valence-corrected chi connectivity index (χ0v) is 12.2. The van der Waals surface area contributed by atoms with Crippen molar-refractivity contribution in [3.8, 4) is 0 Å². The lowest BCUT2D eigenvalue weighted by molar-refractivity contribution is -0.224. The third-order valence-electron chi connectivity index (χ3n) is 2.56. The van der Waals surface area contributed by atoms with Gasteiger partial charge in [-0.3, -0.25) is 4.79 Å². The Labute approximate surface area is 124 Å². The van der Waals surface area contributed by atoms with E-state index in [9.17, 15) is 23.2 Å². The molecule has 1 atom stereocenters. The topological polar surface area (TPSA) is 49.8 Å². The normalized spacial score (nSPS) is 13.2. The van der Waals surface area contributed by atoms with Crippen molar-refractivity contribution in [3.63, 3.8) is 0 Å². The minimum absolute atomic E-state index is 0.00581. The van der Waals surface area contributed by atoms with Gasteiger partial charge in [0.15, 0.2) is 0 Å². The summed E-state index contributed by atoms with van der Waals surface area (Å²) in [5.41, 5.74) is 0.978. The highest BCUT2D eigenvalue weighted by atomic mass is 32.2. The fourth-order valence-corrected chi connectivity index (χ4v) is 2.65. The highest BCUT2D eigenvalue weighted by Crippen LogP contribution is 2.20. The Hall–Kier alpha value is -1.25. The molecule has 0 aliphatic heterocycles. The molecule has 0 aliphatic rings. The van der Waals surface area contributed by atoms with Crippen molar-refractivity contribution in [2.24, 2.45) is 0 Å². The summed E-state index contributed by atoms with van der Waals surface area (Å²) in [4.78, 5) is 11.5. The lowest BCUT2D eigenvalue weighted by atomic mass is 10.2. The van der Waals surface area contributed by atoms with E-state index in [1.54, 1.807) is 0 Å². The van der Waals surface area contributed by atoms with Crippen molar-refractivity contribution in [1.29, 1.82) is 0 Å². The molecule has 8 heteroatoms. The molecule has 4 nitrogen and oxygen atoms in total. The standard InChI is InChI=1S/C13H16F3NO3S/c1-20-12(18)11(17(19)9-13(14,15)16)8-21-7-10-5-3-2-4-6-10/h2-6,11,19H,7-9H2,1H3/t11-/m0/s1. The molecule has 0 saturated heterocycles. The number of benzene rings is 1. The van der Waals surface area contributed by atoms with Gasteiger partial charge in [-0.25, -0.2) is 0 Å². The number of hydrogen-bond donors (Lipinski definition) is 1. The summed E-state index contributed by atoms with van der Waals surface area (Å²) >= 11 is 1.24. The zero-order valence-electron chi connectivity index (χ0n) is 11.3. The quantitative estimate of drug-likeness (QED) is 0.618. The number of nitrogens with zero attached hydrogens (tertiary/aromatic N) is 1. The second-order valence-electron chi connectivity index (χ2n) is 4.25. The minimum atomic E-state index is -4.59. The van der Waals surface area contributed by atoms with Gasteiger partial charge in [0.1, 0.15) is 12.6 Å². The van der Waals surface area contributed by atoms with Crippen LogP contribution < -0.4 is 0 Å². The first kappa shape index (κ1) is 17.8. The van der Waals surface area contributed by atoms with Crippen molar-refractivity contribution < 1.29 is 27.9 Å². The first-order chi connectivity index (χ1) is 9.83. The van der Waals surface area contributed by atoms with Crippen LogP contribution in [0.3, 0.4) is 0 Å². The van der Waals surface area contributed by atoms with Crippen LogP contribution in [0.2, 0.25) is 0 Å². The Balaban J connectivity index is 2.56. The third-order valence-corrected chi connectivity index (χ3v) is 3.65. The molecule has 21 heavy (non-hydrogen) atoms. The fourth-order valence-electron chi connectivity index (χ4n) is 1.57. The molecule has 1 rings (SSSR count). The molecular weight excluding hydrogens is 307 g/mol. The van der Waals surface area contributed by atoms with E-state index in [0.29, 0.717) is 5.75 Å². The van der Waals surface area contributed by atoms with Crippen LogP contribution in [0.25, 0.3) is 0 Å². The lowest BCUT2D eigenvalue weighted by Crippen LogP contribution is -2.46. The summed E-state index contributed by atoms with van der Waals surface area (Å²) in [5, 5.41) is 9.42. The smallest absolute Gasteiger partial charge is 0.403 e. The Morgan fingerprint density at radius 3 is 2.52 bits per heavy atom. The summed E-state index contributed by atoms with van der Waals surface area (Å²) in [6, 6.07) is 7.92. The molecule has 0 unspecified atom stereocenters. The second kappa shape index (κ2) is 8.26. The lowest BCUT2D eigenvalue weighted by Gasteiger charge is -2.24. The Kier molecular flexibility index (Phi) is 7.00. The molecule has 1 aromatic rings. The molecule has 1 aromatic carbocycles.